The average molecular weight is 421 g/mol. The molecule has 2 fully saturated rings. The molecule has 2 aromatic carbocycles. The Kier molecular flexibility index (Phi) is 6.54. The predicted octanol–water partition coefficient (Wildman–Crippen LogP) is 5.09. The normalized spacial score (nSPS) is 27.2. The van der Waals surface area contributed by atoms with Gasteiger partial charge in [-0.25, -0.2) is 4.79 Å². The summed E-state index contributed by atoms with van der Waals surface area (Å²) in [4.78, 5) is 14.4. The van der Waals surface area contributed by atoms with Gasteiger partial charge in [0, 0.05) is 23.0 Å². The van der Waals surface area contributed by atoms with E-state index in [-0.39, 0.29) is 36.0 Å². The molecule has 1 atom stereocenters. The summed E-state index contributed by atoms with van der Waals surface area (Å²) in [5.41, 5.74) is 8.50. The topological polar surface area (TPSA) is 55.6 Å². The van der Waals surface area contributed by atoms with Gasteiger partial charge in [-0.05, 0) is 48.9 Å². The molecule has 0 bridgehead atoms. The van der Waals surface area contributed by atoms with Crippen LogP contribution in [-0.4, -0.2) is 30.2 Å². The lowest BCUT2D eigenvalue weighted by molar-refractivity contribution is 0.117. The van der Waals surface area contributed by atoms with Gasteiger partial charge in [-0.3, -0.25) is 4.90 Å². The third-order valence-electron chi connectivity index (χ3n) is 6.23. The number of benzene rings is 2. The van der Waals surface area contributed by atoms with E-state index in [9.17, 15) is 4.79 Å². The van der Waals surface area contributed by atoms with E-state index >= 15 is 0 Å². The minimum absolute atomic E-state index is 0. The van der Waals surface area contributed by atoms with Gasteiger partial charge < -0.3 is 10.5 Å². The largest absolute Gasteiger partial charge is 0.447 e. The molecule has 150 valence electrons. The highest BCUT2D eigenvalue weighted by Crippen LogP contribution is 2.43. The summed E-state index contributed by atoms with van der Waals surface area (Å²) >= 11 is 6.21. The van der Waals surface area contributed by atoms with Crippen LogP contribution in [0.5, 0.6) is 0 Å². The molecule has 2 aromatic rings. The van der Waals surface area contributed by atoms with E-state index in [0.717, 1.165) is 36.3 Å². The lowest BCUT2D eigenvalue weighted by Crippen LogP contribution is -2.46. The van der Waals surface area contributed by atoms with Gasteiger partial charge in [0.25, 0.3) is 0 Å². The number of hydrogen-bond donors (Lipinski definition) is 1. The molecule has 1 heterocycles. The molecule has 6 heteroatoms. The van der Waals surface area contributed by atoms with Crippen LogP contribution in [0, 0.1) is 0 Å². The quantitative estimate of drug-likeness (QED) is 0.748. The highest BCUT2D eigenvalue weighted by Gasteiger charge is 2.44. The molecule has 2 N–H and O–H groups in total. The first-order valence-corrected chi connectivity index (χ1v) is 9.97. The fourth-order valence-electron chi connectivity index (χ4n) is 4.63. The summed E-state index contributed by atoms with van der Waals surface area (Å²) in [6, 6.07) is 18.4. The van der Waals surface area contributed by atoms with Crippen molar-refractivity contribution in [3.05, 3.63) is 70.7 Å². The minimum Gasteiger partial charge on any atom is -0.447 e. The molecule has 4 rings (SSSR count). The van der Waals surface area contributed by atoms with E-state index in [2.05, 4.69) is 18.2 Å². The standard InChI is InChI=1S/C22H25ClN2O2.ClH/c23-18-8-4-7-17(13-18)22(15-24)11-9-19(10-12-22)25-20(14-27-21(25)26)16-5-2-1-3-6-16;/h1-8,13,19-20H,9-12,14-15,24H2;1H/t19-,20-,22-;/m0./s1. The lowest BCUT2D eigenvalue weighted by Gasteiger charge is -2.43. The molecule has 0 aromatic heterocycles. The number of cyclic esters (lactones) is 1. The van der Waals surface area contributed by atoms with Crippen LogP contribution in [0.3, 0.4) is 0 Å². The molecule has 0 radical (unpaired) electrons. The molecule has 1 saturated heterocycles. The predicted molar refractivity (Wildman–Crippen MR) is 114 cm³/mol. The summed E-state index contributed by atoms with van der Waals surface area (Å²) in [7, 11) is 0. The van der Waals surface area contributed by atoms with Gasteiger partial charge in [0.1, 0.15) is 6.61 Å². The van der Waals surface area contributed by atoms with Gasteiger partial charge in [0.05, 0.1) is 6.04 Å². The molecule has 1 saturated carbocycles. The first kappa shape index (κ1) is 21.0. The minimum atomic E-state index is -0.197. The first-order valence-electron chi connectivity index (χ1n) is 9.59. The third kappa shape index (κ3) is 3.86. The molecule has 28 heavy (non-hydrogen) atoms. The fourth-order valence-corrected chi connectivity index (χ4v) is 4.82. The van der Waals surface area contributed by atoms with Crippen molar-refractivity contribution < 1.29 is 9.53 Å². The number of nitrogens with two attached hydrogens (primary N) is 1. The zero-order valence-electron chi connectivity index (χ0n) is 15.7. The van der Waals surface area contributed by atoms with Gasteiger partial charge in [0.2, 0.25) is 0 Å². The van der Waals surface area contributed by atoms with Crippen molar-refractivity contribution in [2.45, 2.75) is 43.2 Å². The van der Waals surface area contributed by atoms with Crippen LogP contribution in [0.2, 0.25) is 5.02 Å². The van der Waals surface area contributed by atoms with Crippen LogP contribution in [0.15, 0.2) is 54.6 Å². The van der Waals surface area contributed by atoms with E-state index in [4.69, 9.17) is 22.1 Å². The maximum Gasteiger partial charge on any atom is 0.410 e. The van der Waals surface area contributed by atoms with E-state index in [1.165, 1.54) is 5.56 Å². The molecule has 1 amide bonds. The maximum absolute atomic E-state index is 12.5. The van der Waals surface area contributed by atoms with Crippen molar-refractivity contribution >= 4 is 30.1 Å². The van der Waals surface area contributed by atoms with Crippen LogP contribution in [0.1, 0.15) is 42.9 Å². The summed E-state index contributed by atoms with van der Waals surface area (Å²) < 4.78 is 5.41. The van der Waals surface area contributed by atoms with Crippen molar-refractivity contribution in [2.75, 3.05) is 13.2 Å². The summed E-state index contributed by atoms with van der Waals surface area (Å²) in [6.45, 7) is 1.02. The molecule has 0 unspecified atom stereocenters. The Morgan fingerprint density at radius 1 is 1.11 bits per heavy atom. The maximum atomic E-state index is 12.5. The number of carbonyl (C=O) groups is 1. The van der Waals surface area contributed by atoms with Gasteiger partial charge in [0.15, 0.2) is 0 Å². The number of carbonyl (C=O) groups excluding carboxylic acids is 1. The SMILES string of the molecule is Cl.NC[C@]1(c2cccc(Cl)c2)CC[C@H](N2C(=O)OC[C@H]2c2ccccc2)CC1. The van der Waals surface area contributed by atoms with Crippen LogP contribution in [0.25, 0.3) is 0 Å². The van der Waals surface area contributed by atoms with Crippen LogP contribution in [0.4, 0.5) is 4.79 Å². The van der Waals surface area contributed by atoms with E-state index in [0.29, 0.717) is 13.2 Å². The monoisotopic (exact) mass is 420 g/mol. The Labute approximate surface area is 177 Å². The zero-order chi connectivity index (χ0) is 18.9. The second kappa shape index (κ2) is 8.73. The molecule has 1 aliphatic carbocycles. The molecule has 4 nitrogen and oxygen atoms in total. The van der Waals surface area contributed by atoms with Gasteiger partial charge in [-0.15, -0.1) is 12.4 Å². The Morgan fingerprint density at radius 2 is 1.82 bits per heavy atom. The van der Waals surface area contributed by atoms with E-state index < -0.39 is 0 Å². The number of hydrogen-bond acceptors (Lipinski definition) is 3. The molecule has 2 aliphatic rings. The lowest BCUT2D eigenvalue weighted by atomic mass is 9.68. The number of nitrogens with zero attached hydrogens (tertiary/aromatic N) is 1. The summed E-state index contributed by atoms with van der Waals surface area (Å²) in [5, 5.41) is 0.745. The van der Waals surface area contributed by atoms with Crippen molar-refractivity contribution in [3.8, 4) is 0 Å². The number of amides is 1. The molecule has 1 aliphatic heterocycles. The second-order valence-corrected chi connectivity index (χ2v) is 8.07. The smallest absolute Gasteiger partial charge is 0.410 e. The highest BCUT2D eigenvalue weighted by molar-refractivity contribution is 6.30. The Morgan fingerprint density at radius 3 is 2.46 bits per heavy atom. The average Bonchev–Trinajstić information content (AvgIpc) is 3.10. The van der Waals surface area contributed by atoms with Gasteiger partial charge in [-0.2, -0.15) is 0 Å². The second-order valence-electron chi connectivity index (χ2n) is 7.64. The van der Waals surface area contributed by atoms with Crippen LogP contribution in [-0.2, 0) is 10.2 Å². The summed E-state index contributed by atoms with van der Waals surface area (Å²) in [6.07, 6.45) is 3.53. The van der Waals surface area contributed by atoms with Crippen LogP contribution >= 0.6 is 24.0 Å². The molecular formula is C22H26Cl2N2O2. The third-order valence-corrected chi connectivity index (χ3v) is 6.46. The summed E-state index contributed by atoms with van der Waals surface area (Å²) in [5.74, 6) is 0. The first-order chi connectivity index (χ1) is 13.1. The fraction of sp³-hybridized carbons (Fsp3) is 0.409. The van der Waals surface area contributed by atoms with E-state index in [1.807, 2.05) is 41.3 Å². The van der Waals surface area contributed by atoms with Crippen molar-refractivity contribution in [3.63, 3.8) is 0 Å². The van der Waals surface area contributed by atoms with E-state index in [1.54, 1.807) is 0 Å². The number of ether oxygens (including phenoxy) is 1. The van der Waals surface area contributed by atoms with Crippen LogP contribution < -0.4 is 5.73 Å². The Bertz CT molecular complexity index is 807. The van der Waals surface area contributed by atoms with Crippen molar-refractivity contribution in [1.82, 2.24) is 4.90 Å². The molecular weight excluding hydrogens is 395 g/mol. The number of rotatable bonds is 4. The Hall–Kier alpha value is -1.75. The highest BCUT2D eigenvalue weighted by atomic mass is 35.5. The number of halogens is 2. The van der Waals surface area contributed by atoms with Gasteiger partial charge >= 0.3 is 6.09 Å². The van der Waals surface area contributed by atoms with Crippen molar-refractivity contribution in [1.29, 1.82) is 0 Å². The molecule has 0 spiro atoms. The van der Waals surface area contributed by atoms with Gasteiger partial charge in [-0.1, -0.05) is 54.1 Å². The zero-order valence-corrected chi connectivity index (χ0v) is 17.3. The van der Waals surface area contributed by atoms with Crippen molar-refractivity contribution in [2.24, 2.45) is 5.73 Å². The Balaban J connectivity index is 0.00000225.